The third-order valence-corrected chi connectivity index (χ3v) is 6.13. The number of sulfonamides is 1. The van der Waals surface area contributed by atoms with Crippen LogP contribution in [0.4, 0.5) is 0 Å². The van der Waals surface area contributed by atoms with Gasteiger partial charge in [0.1, 0.15) is 6.54 Å². The molecule has 1 fully saturated rings. The summed E-state index contributed by atoms with van der Waals surface area (Å²) >= 11 is 3.26. The Morgan fingerprint density at radius 3 is 2.30 bits per heavy atom. The van der Waals surface area contributed by atoms with Crippen LogP contribution in [0.15, 0.2) is 33.6 Å². The van der Waals surface area contributed by atoms with Crippen LogP contribution in [0, 0.1) is 5.92 Å². The number of nitrogens with one attached hydrogen (secondary N) is 1. The summed E-state index contributed by atoms with van der Waals surface area (Å²) in [5, 5.41) is 10.9. The van der Waals surface area contributed by atoms with E-state index in [2.05, 4.69) is 21.2 Å². The van der Waals surface area contributed by atoms with Crippen molar-refractivity contribution in [1.82, 2.24) is 9.62 Å². The Hall–Kier alpha value is -1.45. The molecule has 0 bridgehead atoms. The zero-order valence-corrected chi connectivity index (χ0v) is 14.6. The molecule has 1 heterocycles. The third-order valence-electron chi connectivity index (χ3n) is 3.69. The lowest BCUT2D eigenvalue weighted by atomic mass is 9.97. The summed E-state index contributed by atoms with van der Waals surface area (Å²) in [6, 6.07) is 6.40. The van der Waals surface area contributed by atoms with Crippen LogP contribution in [-0.4, -0.2) is 49.3 Å². The average Bonchev–Trinajstić information content (AvgIpc) is 2.53. The Morgan fingerprint density at radius 2 is 1.78 bits per heavy atom. The molecule has 7 nitrogen and oxygen atoms in total. The number of carbonyl (C=O) groups is 2. The minimum atomic E-state index is -3.57. The highest BCUT2D eigenvalue weighted by molar-refractivity contribution is 9.10. The van der Waals surface area contributed by atoms with Crippen LogP contribution in [0.2, 0.25) is 0 Å². The van der Waals surface area contributed by atoms with E-state index in [0.29, 0.717) is 12.8 Å². The van der Waals surface area contributed by atoms with Crippen LogP contribution >= 0.6 is 15.9 Å². The van der Waals surface area contributed by atoms with Crippen LogP contribution in [0.1, 0.15) is 12.8 Å². The van der Waals surface area contributed by atoms with Crippen molar-refractivity contribution >= 4 is 37.8 Å². The molecule has 1 aromatic rings. The number of carbonyl (C=O) groups excluding carboxylic acids is 1. The molecule has 0 atom stereocenters. The number of rotatable bonds is 5. The smallest absolute Gasteiger partial charge is 0.322 e. The van der Waals surface area contributed by atoms with Crippen molar-refractivity contribution < 1.29 is 23.1 Å². The number of halogens is 1. The van der Waals surface area contributed by atoms with Crippen molar-refractivity contribution in [2.75, 3.05) is 19.6 Å². The summed E-state index contributed by atoms with van der Waals surface area (Å²) in [5.41, 5.74) is 0. The molecule has 0 aromatic heterocycles. The van der Waals surface area contributed by atoms with E-state index in [1.807, 2.05) is 0 Å². The van der Waals surface area contributed by atoms with Crippen LogP contribution in [-0.2, 0) is 19.6 Å². The first kappa shape index (κ1) is 17.9. The number of amides is 1. The molecule has 2 N–H and O–H groups in total. The summed E-state index contributed by atoms with van der Waals surface area (Å²) in [4.78, 5) is 22.5. The SMILES string of the molecule is O=C(O)CNC(=O)C1CCN(S(=O)(=O)c2ccc(Br)cc2)CC1. The van der Waals surface area contributed by atoms with Gasteiger partial charge in [0.2, 0.25) is 15.9 Å². The molecule has 1 aliphatic heterocycles. The number of hydrogen-bond acceptors (Lipinski definition) is 4. The maximum atomic E-state index is 12.5. The molecule has 0 radical (unpaired) electrons. The molecule has 126 valence electrons. The van der Waals surface area contributed by atoms with Crippen molar-refractivity contribution in [3.8, 4) is 0 Å². The lowest BCUT2D eigenvalue weighted by Crippen LogP contribution is -2.43. The average molecular weight is 405 g/mol. The second kappa shape index (κ2) is 7.41. The molecule has 0 spiro atoms. The highest BCUT2D eigenvalue weighted by Crippen LogP contribution is 2.24. The Kier molecular flexibility index (Phi) is 5.77. The Bertz CT molecular complexity index is 682. The van der Waals surface area contributed by atoms with Gasteiger partial charge < -0.3 is 10.4 Å². The van der Waals surface area contributed by atoms with E-state index in [1.54, 1.807) is 12.1 Å². The number of benzene rings is 1. The molecule has 0 aliphatic carbocycles. The van der Waals surface area contributed by atoms with Crippen LogP contribution in [0.5, 0.6) is 0 Å². The molecule has 1 aromatic carbocycles. The van der Waals surface area contributed by atoms with Crippen molar-refractivity contribution in [1.29, 1.82) is 0 Å². The van der Waals surface area contributed by atoms with Gasteiger partial charge >= 0.3 is 5.97 Å². The van der Waals surface area contributed by atoms with Gasteiger partial charge in [-0.25, -0.2) is 8.42 Å². The molecule has 23 heavy (non-hydrogen) atoms. The van der Waals surface area contributed by atoms with Crippen LogP contribution in [0.25, 0.3) is 0 Å². The second-order valence-electron chi connectivity index (χ2n) is 5.24. The van der Waals surface area contributed by atoms with Crippen molar-refractivity contribution in [2.45, 2.75) is 17.7 Å². The maximum Gasteiger partial charge on any atom is 0.322 e. The van der Waals surface area contributed by atoms with Gasteiger partial charge in [-0.15, -0.1) is 0 Å². The minimum Gasteiger partial charge on any atom is -0.480 e. The number of carboxylic acids is 1. The number of piperidine rings is 1. The van der Waals surface area contributed by atoms with Crippen LogP contribution < -0.4 is 5.32 Å². The molecule has 2 rings (SSSR count). The van der Waals surface area contributed by atoms with E-state index >= 15 is 0 Å². The van der Waals surface area contributed by atoms with E-state index in [9.17, 15) is 18.0 Å². The third kappa shape index (κ3) is 4.52. The molecule has 9 heteroatoms. The standard InChI is InChI=1S/C14H17BrN2O5S/c15-11-1-3-12(4-2-11)23(21,22)17-7-5-10(6-8-17)14(20)16-9-13(18)19/h1-4,10H,5-9H2,(H,16,20)(H,18,19). The molecule has 0 unspecified atom stereocenters. The molecule has 1 aliphatic rings. The van der Waals surface area contributed by atoms with E-state index in [-0.39, 0.29) is 29.8 Å². The fraction of sp³-hybridized carbons (Fsp3) is 0.429. The molecule has 0 saturated carbocycles. The zero-order valence-electron chi connectivity index (χ0n) is 12.2. The lowest BCUT2D eigenvalue weighted by Gasteiger charge is -2.30. The first-order valence-electron chi connectivity index (χ1n) is 7.06. The monoisotopic (exact) mass is 404 g/mol. The number of nitrogens with zero attached hydrogens (tertiary/aromatic N) is 1. The first-order chi connectivity index (χ1) is 10.8. The molecule has 1 amide bonds. The Morgan fingerprint density at radius 1 is 1.22 bits per heavy atom. The van der Waals surface area contributed by atoms with E-state index in [1.165, 1.54) is 16.4 Å². The van der Waals surface area contributed by atoms with Crippen LogP contribution in [0.3, 0.4) is 0 Å². The van der Waals surface area contributed by atoms with Gasteiger partial charge in [-0.1, -0.05) is 15.9 Å². The van der Waals surface area contributed by atoms with Gasteiger partial charge in [-0.05, 0) is 37.1 Å². The maximum absolute atomic E-state index is 12.5. The van der Waals surface area contributed by atoms with Gasteiger partial charge in [-0.2, -0.15) is 4.31 Å². The van der Waals surface area contributed by atoms with Gasteiger partial charge in [0.15, 0.2) is 0 Å². The minimum absolute atomic E-state index is 0.217. The van der Waals surface area contributed by atoms with E-state index < -0.39 is 22.5 Å². The van der Waals surface area contributed by atoms with Gasteiger partial charge in [0, 0.05) is 23.5 Å². The second-order valence-corrected chi connectivity index (χ2v) is 8.10. The summed E-state index contributed by atoms with van der Waals surface area (Å²) in [5.74, 6) is -1.80. The quantitative estimate of drug-likeness (QED) is 0.762. The highest BCUT2D eigenvalue weighted by atomic mass is 79.9. The fourth-order valence-electron chi connectivity index (χ4n) is 2.42. The first-order valence-corrected chi connectivity index (χ1v) is 9.29. The summed E-state index contributed by atoms with van der Waals surface area (Å²) in [6.07, 6.45) is 0.752. The van der Waals surface area contributed by atoms with Crippen molar-refractivity contribution in [3.63, 3.8) is 0 Å². The number of aliphatic carboxylic acids is 1. The van der Waals surface area contributed by atoms with E-state index in [0.717, 1.165) is 4.47 Å². The zero-order chi connectivity index (χ0) is 17.0. The highest BCUT2D eigenvalue weighted by Gasteiger charge is 2.32. The topological polar surface area (TPSA) is 104 Å². The van der Waals surface area contributed by atoms with Crippen molar-refractivity contribution in [3.05, 3.63) is 28.7 Å². The molecule has 1 saturated heterocycles. The normalized spacial score (nSPS) is 16.9. The predicted octanol–water partition coefficient (Wildman–Crippen LogP) is 1.05. The summed E-state index contributed by atoms with van der Waals surface area (Å²) < 4.78 is 27.2. The molecular weight excluding hydrogens is 388 g/mol. The number of hydrogen-bond donors (Lipinski definition) is 2. The Balaban J connectivity index is 1.97. The predicted molar refractivity (Wildman–Crippen MR) is 86.3 cm³/mol. The van der Waals surface area contributed by atoms with E-state index in [4.69, 9.17) is 5.11 Å². The van der Waals surface area contributed by atoms with Gasteiger partial charge in [0.05, 0.1) is 4.90 Å². The molecular formula is C14H17BrN2O5S. The number of carboxylic acid groups (broad SMARTS) is 1. The summed E-state index contributed by atoms with van der Waals surface area (Å²) in [6.45, 7) is 0.0589. The van der Waals surface area contributed by atoms with Crippen molar-refractivity contribution in [2.24, 2.45) is 5.92 Å². The fourth-order valence-corrected chi connectivity index (χ4v) is 4.16. The lowest BCUT2D eigenvalue weighted by molar-refractivity contribution is -0.138. The van der Waals surface area contributed by atoms with Gasteiger partial charge in [0.25, 0.3) is 0 Å². The largest absolute Gasteiger partial charge is 0.480 e. The summed E-state index contributed by atoms with van der Waals surface area (Å²) in [7, 11) is -3.57. The van der Waals surface area contributed by atoms with Gasteiger partial charge in [-0.3, -0.25) is 9.59 Å². The Labute approximate surface area is 142 Å².